The number of rotatable bonds is 12. The average Bonchev–Trinajstić information content (AvgIpc) is 3.30. The summed E-state index contributed by atoms with van der Waals surface area (Å²) < 4.78 is 14.0. The molecule has 3 aliphatic rings. The highest BCUT2D eigenvalue weighted by Gasteiger charge is 2.56. The molecule has 0 aromatic heterocycles. The molecule has 2 aliphatic heterocycles. The first-order valence-corrected chi connectivity index (χ1v) is 17.0. The van der Waals surface area contributed by atoms with Crippen LogP contribution in [-0.2, 0) is 16.1 Å². The number of piperidine rings is 1. The van der Waals surface area contributed by atoms with Gasteiger partial charge in [-0.25, -0.2) is 4.39 Å². The standard InChI is InChI=1S/C38H49FN2O5/c1-4-8-25(19-27-12-13-33(43)32(39)20-27)11-14-34(44)35-29(24(2)3)21-30-36(31(35)23-42)38(46)41(37(30)45)28-15-17-40(18-16-28)22-26-9-6-5-7-10-26/h5-7,9-10,12-13,19-20,24,28,30-31,34,36,42-44H,4,8,11,14-18,21-23H2,1-3H3/b25-19+/t30-,31+,34-,36-/m1/s1. The predicted molar refractivity (Wildman–Crippen MR) is 177 cm³/mol. The van der Waals surface area contributed by atoms with Gasteiger partial charge in [-0.3, -0.25) is 19.4 Å². The Morgan fingerprint density at radius 3 is 2.39 bits per heavy atom. The van der Waals surface area contributed by atoms with Crippen LogP contribution in [0.4, 0.5) is 4.39 Å². The molecule has 5 rings (SSSR count). The van der Waals surface area contributed by atoms with Gasteiger partial charge in [-0.05, 0) is 73.3 Å². The molecule has 1 aliphatic carbocycles. The molecule has 0 radical (unpaired) electrons. The van der Waals surface area contributed by atoms with E-state index in [1.807, 2.05) is 38.1 Å². The van der Waals surface area contributed by atoms with Crippen molar-refractivity contribution < 1.29 is 29.3 Å². The Morgan fingerprint density at radius 2 is 1.76 bits per heavy atom. The highest BCUT2D eigenvalue weighted by atomic mass is 19.1. The Morgan fingerprint density at radius 1 is 1.04 bits per heavy atom. The highest BCUT2D eigenvalue weighted by molar-refractivity contribution is 6.06. The number of phenolic OH excluding ortho intramolecular Hbond substituents is 1. The molecule has 4 atom stereocenters. The second kappa shape index (κ2) is 15.1. The fourth-order valence-corrected chi connectivity index (χ4v) is 7.92. The number of likely N-dealkylation sites (tertiary alicyclic amines) is 2. The normalized spacial score (nSPS) is 23.8. The zero-order valence-corrected chi connectivity index (χ0v) is 27.4. The van der Waals surface area contributed by atoms with E-state index >= 15 is 0 Å². The van der Waals surface area contributed by atoms with Crippen LogP contribution in [0.5, 0.6) is 5.75 Å². The third-order valence-electron chi connectivity index (χ3n) is 10.2. The number of imide groups is 1. The Labute approximate surface area is 272 Å². The fourth-order valence-electron chi connectivity index (χ4n) is 7.92. The number of benzene rings is 2. The van der Waals surface area contributed by atoms with Crippen molar-refractivity contribution in [1.82, 2.24) is 9.80 Å². The number of fused-ring (bicyclic) bond motifs is 1. The number of amides is 2. The first-order chi connectivity index (χ1) is 22.1. The van der Waals surface area contributed by atoms with Gasteiger partial charge in [0.2, 0.25) is 11.8 Å². The van der Waals surface area contributed by atoms with Crippen molar-refractivity contribution in [2.24, 2.45) is 23.7 Å². The molecular weight excluding hydrogens is 583 g/mol. The number of aromatic hydroxyl groups is 1. The summed E-state index contributed by atoms with van der Waals surface area (Å²) in [5.41, 5.74) is 4.62. The van der Waals surface area contributed by atoms with E-state index < -0.39 is 35.4 Å². The van der Waals surface area contributed by atoms with Crippen LogP contribution >= 0.6 is 0 Å². The molecule has 2 amide bonds. The van der Waals surface area contributed by atoms with E-state index in [-0.39, 0.29) is 30.4 Å². The summed E-state index contributed by atoms with van der Waals surface area (Å²) in [6.45, 7) is 8.29. The second-order valence-electron chi connectivity index (χ2n) is 13.6. The third-order valence-corrected chi connectivity index (χ3v) is 10.2. The number of halogens is 1. The predicted octanol–water partition coefficient (Wildman–Crippen LogP) is 6.09. The van der Waals surface area contributed by atoms with Gasteiger partial charge in [-0.15, -0.1) is 0 Å². The molecule has 7 nitrogen and oxygen atoms in total. The molecule has 0 bridgehead atoms. The summed E-state index contributed by atoms with van der Waals surface area (Å²) in [5.74, 6) is -3.16. The minimum Gasteiger partial charge on any atom is -0.505 e. The van der Waals surface area contributed by atoms with Gasteiger partial charge < -0.3 is 15.3 Å². The number of carbonyl (C=O) groups is 2. The fraction of sp³-hybridized carbons (Fsp3) is 0.526. The number of allylic oxidation sites excluding steroid dienone is 2. The number of carbonyl (C=O) groups excluding carboxylic acids is 2. The molecule has 2 saturated heterocycles. The van der Waals surface area contributed by atoms with Crippen LogP contribution in [0.15, 0.2) is 65.3 Å². The van der Waals surface area contributed by atoms with Crippen LogP contribution in [0.25, 0.3) is 6.08 Å². The molecule has 0 unspecified atom stereocenters. The summed E-state index contributed by atoms with van der Waals surface area (Å²) in [5, 5.41) is 32.0. The largest absolute Gasteiger partial charge is 0.505 e. The lowest BCUT2D eigenvalue weighted by molar-refractivity contribution is -0.144. The van der Waals surface area contributed by atoms with Crippen LogP contribution in [0, 0.1) is 29.5 Å². The van der Waals surface area contributed by atoms with Crippen LogP contribution in [0.2, 0.25) is 0 Å². The molecular formula is C38H49FN2O5. The quantitative estimate of drug-likeness (QED) is 0.194. The molecule has 46 heavy (non-hydrogen) atoms. The first-order valence-electron chi connectivity index (χ1n) is 17.0. The van der Waals surface area contributed by atoms with Gasteiger partial charge >= 0.3 is 0 Å². The Bertz CT molecular complexity index is 1450. The van der Waals surface area contributed by atoms with Gasteiger partial charge in [0, 0.05) is 31.6 Å². The molecule has 2 heterocycles. The maximum absolute atomic E-state index is 14.1. The van der Waals surface area contributed by atoms with Crippen molar-refractivity contribution in [3.05, 3.63) is 82.2 Å². The van der Waals surface area contributed by atoms with E-state index in [0.717, 1.165) is 56.5 Å². The maximum atomic E-state index is 14.1. The molecule has 2 aromatic rings. The summed E-state index contributed by atoms with van der Waals surface area (Å²) in [6, 6.07) is 14.4. The van der Waals surface area contributed by atoms with Crippen LogP contribution in [0.1, 0.15) is 76.8 Å². The lowest BCUT2D eigenvalue weighted by Gasteiger charge is -2.38. The Kier molecular flexibility index (Phi) is 11.1. The topological polar surface area (TPSA) is 101 Å². The number of phenols is 1. The number of hydrogen-bond donors (Lipinski definition) is 3. The van der Waals surface area contributed by atoms with E-state index in [4.69, 9.17) is 0 Å². The second-order valence-corrected chi connectivity index (χ2v) is 13.6. The smallest absolute Gasteiger partial charge is 0.234 e. The van der Waals surface area contributed by atoms with E-state index in [9.17, 15) is 29.3 Å². The molecule has 0 spiro atoms. The van der Waals surface area contributed by atoms with E-state index in [1.165, 1.54) is 22.6 Å². The molecule has 0 saturated carbocycles. The zero-order valence-electron chi connectivity index (χ0n) is 27.4. The lowest BCUT2D eigenvalue weighted by Crippen LogP contribution is -2.47. The van der Waals surface area contributed by atoms with Crippen molar-refractivity contribution in [1.29, 1.82) is 0 Å². The molecule has 248 valence electrons. The Hall–Kier alpha value is -3.33. The van der Waals surface area contributed by atoms with Gasteiger partial charge in [0.05, 0.1) is 24.5 Å². The zero-order chi connectivity index (χ0) is 33.0. The number of hydrogen-bond acceptors (Lipinski definition) is 6. The first kappa shape index (κ1) is 34.0. The van der Waals surface area contributed by atoms with Gasteiger partial charge in [0.15, 0.2) is 11.6 Å². The summed E-state index contributed by atoms with van der Waals surface area (Å²) in [7, 11) is 0. The molecule has 2 aromatic carbocycles. The third kappa shape index (κ3) is 7.29. The molecule has 3 N–H and O–H groups in total. The van der Waals surface area contributed by atoms with Crippen molar-refractivity contribution in [3.63, 3.8) is 0 Å². The number of aliphatic hydroxyl groups is 2. The van der Waals surface area contributed by atoms with Crippen molar-refractivity contribution in [2.75, 3.05) is 19.7 Å². The molecule has 2 fully saturated rings. The van der Waals surface area contributed by atoms with Gasteiger partial charge in [-0.2, -0.15) is 0 Å². The van der Waals surface area contributed by atoms with Gasteiger partial charge in [-0.1, -0.05) is 80.8 Å². The summed E-state index contributed by atoms with van der Waals surface area (Å²) in [6.07, 6.45) is 5.48. The maximum Gasteiger partial charge on any atom is 0.234 e. The van der Waals surface area contributed by atoms with Crippen molar-refractivity contribution in [2.45, 2.75) is 84.4 Å². The lowest BCUT2D eigenvalue weighted by atomic mass is 9.66. The van der Waals surface area contributed by atoms with Gasteiger partial charge in [0.1, 0.15) is 0 Å². The Balaban J connectivity index is 1.31. The van der Waals surface area contributed by atoms with E-state index in [2.05, 4.69) is 24.0 Å². The van der Waals surface area contributed by atoms with Crippen molar-refractivity contribution in [3.8, 4) is 5.75 Å². The average molecular weight is 633 g/mol. The van der Waals surface area contributed by atoms with E-state index in [0.29, 0.717) is 30.4 Å². The number of nitrogens with zero attached hydrogens (tertiary/aromatic N) is 2. The van der Waals surface area contributed by atoms with Crippen LogP contribution in [0.3, 0.4) is 0 Å². The minimum absolute atomic E-state index is 0.0449. The monoisotopic (exact) mass is 632 g/mol. The summed E-state index contributed by atoms with van der Waals surface area (Å²) in [4.78, 5) is 31.9. The number of aliphatic hydroxyl groups excluding tert-OH is 2. The SMILES string of the molecule is CCC/C(=C\c1ccc(O)c(F)c1)CC[C@@H](O)C1=C(C(C)C)C[C@H]2C(=O)N(C3CCN(Cc4ccccc4)CC3)C(=O)[C@H]2[C@H]1CO. The summed E-state index contributed by atoms with van der Waals surface area (Å²) >= 11 is 0. The van der Waals surface area contributed by atoms with Gasteiger partial charge in [0.25, 0.3) is 0 Å². The highest BCUT2D eigenvalue weighted by Crippen LogP contribution is 2.49. The van der Waals surface area contributed by atoms with E-state index in [1.54, 1.807) is 6.07 Å². The van der Waals surface area contributed by atoms with Crippen molar-refractivity contribution >= 4 is 17.9 Å². The molecule has 8 heteroatoms. The minimum atomic E-state index is -0.884. The van der Waals surface area contributed by atoms with Crippen LogP contribution in [-0.4, -0.2) is 68.8 Å². The van der Waals surface area contributed by atoms with Crippen LogP contribution < -0.4 is 0 Å².